The summed E-state index contributed by atoms with van der Waals surface area (Å²) in [6, 6.07) is 3.12. The van der Waals surface area contributed by atoms with Gasteiger partial charge in [-0.2, -0.15) is 13.2 Å². The molecular weight excluding hydrogens is 431 g/mol. The van der Waals surface area contributed by atoms with Gasteiger partial charge in [-0.05, 0) is 31.0 Å². The number of halogens is 3. The third-order valence-corrected chi connectivity index (χ3v) is 5.31. The average Bonchev–Trinajstić information content (AvgIpc) is 2.96. The molecule has 2 heterocycles. The van der Waals surface area contributed by atoms with Crippen molar-refractivity contribution in [3.05, 3.63) is 23.8 Å². The molecule has 2 aliphatic heterocycles. The lowest BCUT2D eigenvalue weighted by Gasteiger charge is -2.31. The van der Waals surface area contributed by atoms with Crippen LogP contribution in [0.3, 0.4) is 0 Å². The van der Waals surface area contributed by atoms with Gasteiger partial charge in [0.2, 0.25) is 5.91 Å². The molecule has 11 heteroatoms. The van der Waals surface area contributed by atoms with Crippen molar-refractivity contribution in [3.63, 3.8) is 0 Å². The summed E-state index contributed by atoms with van der Waals surface area (Å²) in [5.74, 6) is -1.65. The monoisotopic (exact) mass is 457 g/mol. The fourth-order valence-corrected chi connectivity index (χ4v) is 3.63. The standard InChI is InChI=1S/C21H26F3N3O5/c22-21(23,24)15-5-6-17(26-8-10-31-11-9-26)16(12-15)25-18(28)14-32-20(30)13-27-7-3-1-2-4-19(27)29/h5-6,12H,1-4,7-11,13-14H2,(H,25,28). The van der Waals surface area contributed by atoms with Crippen molar-refractivity contribution in [3.8, 4) is 0 Å². The maximum absolute atomic E-state index is 13.2. The minimum Gasteiger partial charge on any atom is -0.454 e. The molecule has 0 spiro atoms. The van der Waals surface area contributed by atoms with Crippen LogP contribution in [0.5, 0.6) is 0 Å². The summed E-state index contributed by atoms with van der Waals surface area (Å²) in [5.41, 5.74) is -0.497. The Morgan fingerprint density at radius 3 is 2.56 bits per heavy atom. The maximum Gasteiger partial charge on any atom is 0.416 e. The molecule has 1 aromatic carbocycles. The van der Waals surface area contributed by atoms with E-state index < -0.39 is 30.2 Å². The molecule has 0 atom stereocenters. The Morgan fingerprint density at radius 2 is 1.84 bits per heavy atom. The van der Waals surface area contributed by atoms with Crippen molar-refractivity contribution in [2.75, 3.05) is 56.2 Å². The number of morpholine rings is 1. The normalized spacial score (nSPS) is 17.7. The van der Waals surface area contributed by atoms with Crippen LogP contribution in [0.1, 0.15) is 31.2 Å². The molecule has 2 saturated heterocycles. The van der Waals surface area contributed by atoms with Gasteiger partial charge in [0.15, 0.2) is 6.61 Å². The van der Waals surface area contributed by atoms with Crippen molar-refractivity contribution < 1.29 is 37.0 Å². The summed E-state index contributed by atoms with van der Waals surface area (Å²) in [6.45, 7) is 1.30. The summed E-state index contributed by atoms with van der Waals surface area (Å²) in [4.78, 5) is 39.6. The van der Waals surface area contributed by atoms with Gasteiger partial charge in [-0.15, -0.1) is 0 Å². The van der Waals surface area contributed by atoms with Gasteiger partial charge in [0, 0.05) is 26.1 Å². The summed E-state index contributed by atoms with van der Waals surface area (Å²) in [7, 11) is 0. The zero-order chi connectivity index (χ0) is 23.1. The molecule has 2 aliphatic rings. The number of esters is 1. The van der Waals surface area contributed by atoms with Crippen LogP contribution in [0.4, 0.5) is 24.5 Å². The van der Waals surface area contributed by atoms with Crippen molar-refractivity contribution in [1.82, 2.24) is 4.90 Å². The Bertz CT molecular complexity index is 840. The Balaban J connectivity index is 1.62. The molecule has 0 bridgehead atoms. The van der Waals surface area contributed by atoms with Crippen LogP contribution in [0, 0.1) is 0 Å². The molecule has 2 amide bonds. The van der Waals surface area contributed by atoms with E-state index in [0.717, 1.165) is 31.4 Å². The maximum atomic E-state index is 13.2. The highest BCUT2D eigenvalue weighted by molar-refractivity contribution is 5.96. The number of rotatable bonds is 6. The van der Waals surface area contributed by atoms with E-state index >= 15 is 0 Å². The van der Waals surface area contributed by atoms with Crippen molar-refractivity contribution in [1.29, 1.82) is 0 Å². The number of likely N-dealkylation sites (tertiary alicyclic amines) is 1. The molecule has 0 aromatic heterocycles. The minimum absolute atomic E-state index is 0.0227. The fraction of sp³-hybridized carbons (Fsp3) is 0.571. The number of ether oxygens (including phenoxy) is 2. The third-order valence-electron chi connectivity index (χ3n) is 5.31. The minimum atomic E-state index is -4.57. The molecule has 0 unspecified atom stereocenters. The predicted octanol–water partition coefficient (Wildman–Crippen LogP) is 2.43. The van der Waals surface area contributed by atoms with Crippen molar-refractivity contribution in [2.45, 2.75) is 31.9 Å². The van der Waals surface area contributed by atoms with Crippen LogP contribution in [0.2, 0.25) is 0 Å². The second-order valence-electron chi connectivity index (χ2n) is 7.66. The van der Waals surface area contributed by atoms with E-state index in [1.807, 2.05) is 4.90 Å². The van der Waals surface area contributed by atoms with Crippen LogP contribution < -0.4 is 10.2 Å². The van der Waals surface area contributed by atoms with E-state index in [4.69, 9.17) is 9.47 Å². The molecule has 8 nitrogen and oxygen atoms in total. The van der Waals surface area contributed by atoms with E-state index in [0.29, 0.717) is 45.0 Å². The summed E-state index contributed by atoms with van der Waals surface area (Å²) >= 11 is 0. The number of hydrogen-bond acceptors (Lipinski definition) is 6. The number of carbonyl (C=O) groups is 3. The third kappa shape index (κ3) is 6.59. The lowest BCUT2D eigenvalue weighted by Crippen LogP contribution is -2.37. The van der Waals surface area contributed by atoms with E-state index in [1.165, 1.54) is 11.0 Å². The Kier molecular flexibility index (Phi) is 7.94. The number of benzene rings is 1. The first kappa shape index (κ1) is 23.8. The smallest absolute Gasteiger partial charge is 0.416 e. The van der Waals surface area contributed by atoms with Crippen molar-refractivity contribution >= 4 is 29.2 Å². The second kappa shape index (κ2) is 10.7. The lowest BCUT2D eigenvalue weighted by molar-refractivity contribution is -0.151. The number of nitrogens with one attached hydrogen (secondary N) is 1. The molecule has 0 saturated carbocycles. The molecular formula is C21H26F3N3O5. The van der Waals surface area contributed by atoms with E-state index in [1.54, 1.807) is 0 Å². The van der Waals surface area contributed by atoms with Gasteiger partial charge in [0.25, 0.3) is 5.91 Å². The van der Waals surface area contributed by atoms with E-state index in [-0.39, 0.29) is 18.1 Å². The summed E-state index contributed by atoms with van der Waals surface area (Å²) < 4.78 is 49.7. The van der Waals surface area contributed by atoms with Crippen LogP contribution in [-0.2, 0) is 30.0 Å². The molecule has 0 radical (unpaired) electrons. The number of carbonyl (C=O) groups excluding carboxylic acids is 3. The highest BCUT2D eigenvalue weighted by Crippen LogP contribution is 2.35. The largest absolute Gasteiger partial charge is 0.454 e. The number of amides is 2. The average molecular weight is 457 g/mol. The topological polar surface area (TPSA) is 88.2 Å². The number of alkyl halides is 3. The molecule has 176 valence electrons. The predicted molar refractivity (Wildman–Crippen MR) is 109 cm³/mol. The van der Waals surface area contributed by atoms with Gasteiger partial charge in [-0.1, -0.05) is 6.42 Å². The molecule has 0 aliphatic carbocycles. The summed E-state index contributed by atoms with van der Waals surface area (Å²) in [6.07, 6.45) is -1.74. The van der Waals surface area contributed by atoms with Gasteiger partial charge in [0.1, 0.15) is 6.54 Å². The Morgan fingerprint density at radius 1 is 1.09 bits per heavy atom. The highest BCUT2D eigenvalue weighted by Gasteiger charge is 2.32. The fourth-order valence-electron chi connectivity index (χ4n) is 3.63. The molecule has 32 heavy (non-hydrogen) atoms. The second-order valence-corrected chi connectivity index (χ2v) is 7.66. The number of nitrogens with zero attached hydrogens (tertiary/aromatic N) is 2. The van der Waals surface area contributed by atoms with E-state index in [9.17, 15) is 27.6 Å². The highest BCUT2D eigenvalue weighted by atomic mass is 19.4. The zero-order valence-electron chi connectivity index (χ0n) is 17.6. The van der Waals surface area contributed by atoms with Crippen molar-refractivity contribution in [2.24, 2.45) is 0 Å². The van der Waals surface area contributed by atoms with Crippen LogP contribution in [0.25, 0.3) is 0 Å². The zero-order valence-corrected chi connectivity index (χ0v) is 17.6. The SMILES string of the molecule is O=C(COC(=O)CN1CCCCCC1=O)Nc1cc(C(F)(F)F)ccc1N1CCOCC1. The number of anilines is 2. The first-order chi connectivity index (χ1) is 15.2. The number of hydrogen-bond donors (Lipinski definition) is 1. The lowest BCUT2D eigenvalue weighted by atomic mass is 10.1. The van der Waals surface area contributed by atoms with Gasteiger partial charge in [-0.25, -0.2) is 0 Å². The Labute approximate surface area is 183 Å². The Hall–Kier alpha value is -2.82. The van der Waals surface area contributed by atoms with Gasteiger partial charge >= 0.3 is 12.1 Å². The molecule has 2 fully saturated rings. The first-order valence-corrected chi connectivity index (χ1v) is 10.5. The van der Waals surface area contributed by atoms with E-state index in [2.05, 4.69) is 5.32 Å². The first-order valence-electron chi connectivity index (χ1n) is 10.5. The molecule has 1 N–H and O–H groups in total. The van der Waals surface area contributed by atoms with Gasteiger partial charge in [-0.3, -0.25) is 14.4 Å². The van der Waals surface area contributed by atoms with Gasteiger partial charge in [0.05, 0.1) is 30.2 Å². The van der Waals surface area contributed by atoms with Gasteiger partial charge < -0.3 is 24.6 Å². The van der Waals surface area contributed by atoms with Crippen LogP contribution in [-0.4, -0.2) is 68.7 Å². The molecule has 1 aromatic rings. The van der Waals surface area contributed by atoms with Crippen LogP contribution >= 0.6 is 0 Å². The van der Waals surface area contributed by atoms with Crippen LogP contribution in [0.15, 0.2) is 18.2 Å². The quantitative estimate of drug-likeness (QED) is 0.661. The summed E-state index contributed by atoms with van der Waals surface area (Å²) in [5, 5.41) is 2.42. The molecule has 3 rings (SSSR count).